The number of amides is 2. The van der Waals surface area contributed by atoms with Crippen molar-refractivity contribution >= 4 is 6.03 Å². The highest BCUT2D eigenvalue weighted by Gasteiger charge is 2.11. The summed E-state index contributed by atoms with van der Waals surface area (Å²) in [7, 11) is 0. The third-order valence-corrected chi connectivity index (χ3v) is 3.55. The lowest BCUT2D eigenvalue weighted by atomic mass is 10.2. The lowest BCUT2D eigenvalue weighted by Crippen LogP contribution is -2.40. The van der Waals surface area contributed by atoms with Crippen LogP contribution < -0.4 is 10.1 Å². The van der Waals surface area contributed by atoms with Crippen LogP contribution in [-0.2, 0) is 6.54 Å². The second-order valence-electron chi connectivity index (χ2n) is 5.39. The van der Waals surface area contributed by atoms with Crippen molar-refractivity contribution in [1.29, 1.82) is 0 Å². The Morgan fingerprint density at radius 2 is 1.78 bits per heavy atom. The number of hydrogen-bond donors (Lipinski definition) is 1. The van der Waals surface area contributed by atoms with E-state index < -0.39 is 0 Å². The molecular formula is C19H24N2O2. The summed E-state index contributed by atoms with van der Waals surface area (Å²) in [5, 5.41) is 2.90. The Bertz CT molecular complexity index is 597. The Hall–Kier alpha value is -2.49. The molecule has 0 saturated heterocycles. The number of aryl methyl sites for hydroxylation is 1. The van der Waals surface area contributed by atoms with Crippen LogP contribution in [0.3, 0.4) is 0 Å². The number of nitrogens with zero attached hydrogens (tertiary/aromatic N) is 1. The molecule has 0 radical (unpaired) electrons. The van der Waals surface area contributed by atoms with Gasteiger partial charge in [-0.05, 0) is 31.5 Å². The predicted octanol–water partition coefficient (Wildman–Crippen LogP) is 3.61. The molecule has 1 N–H and O–H groups in total. The van der Waals surface area contributed by atoms with Crippen molar-refractivity contribution in [2.45, 2.75) is 20.4 Å². The van der Waals surface area contributed by atoms with E-state index in [4.69, 9.17) is 4.74 Å². The Balaban J connectivity index is 1.73. The molecule has 2 amide bonds. The molecule has 0 aliphatic rings. The Morgan fingerprint density at radius 3 is 2.43 bits per heavy atom. The van der Waals surface area contributed by atoms with E-state index in [9.17, 15) is 4.79 Å². The summed E-state index contributed by atoms with van der Waals surface area (Å²) in [6.07, 6.45) is 0. The summed E-state index contributed by atoms with van der Waals surface area (Å²) in [5.41, 5.74) is 2.32. The van der Waals surface area contributed by atoms with Crippen LogP contribution in [0, 0.1) is 6.92 Å². The van der Waals surface area contributed by atoms with Gasteiger partial charge in [0.2, 0.25) is 0 Å². The molecule has 0 aliphatic carbocycles. The van der Waals surface area contributed by atoms with Crippen LogP contribution in [0.15, 0.2) is 54.6 Å². The van der Waals surface area contributed by atoms with E-state index in [1.54, 1.807) is 4.90 Å². The fraction of sp³-hybridized carbons (Fsp3) is 0.316. The Morgan fingerprint density at radius 1 is 1.09 bits per heavy atom. The van der Waals surface area contributed by atoms with E-state index in [-0.39, 0.29) is 6.03 Å². The van der Waals surface area contributed by atoms with E-state index in [1.165, 1.54) is 5.56 Å². The molecule has 0 atom stereocenters. The molecule has 0 spiro atoms. The number of carbonyl (C=O) groups is 1. The van der Waals surface area contributed by atoms with Crippen molar-refractivity contribution in [3.8, 4) is 5.75 Å². The summed E-state index contributed by atoms with van der Waals surface area (Å²) in [6.45, 7) is 6.23. The first-order chi connectivity index (χ1) is 11.2. The van der Waals surface area contributed by atoms with Gasteiger partial charge in [-0.1, -0.05) is 48.0 Å². The van der Waals surface area contributed by atoms with Gasteiger partial charge >= 0.3 is 6.03 Å². The van der Waals surface area contributed by atoms with Crippen LogP contribution in [0.5, 0.6) is 5.75 Å². The molecule has 2 aromatic carbocycles. The van der Waals surface area contributed by atoms with Crippen molar-refractivity contribution < 1.29 is 9.53 Å². The van der Waals surface area contributed by atoms with Crippen molar-refractivity contribution in [3.05, 3.63) is 65.7 Å². The fourth-order valence-electron chi connectivity index (χ4n) is 2.20. The Labute approximate surface area is 138 Å². The highest BCUT2D eigenvalue weighted by atomic mass is 16.5. The van der Waals surface area contributed by atoms with E-state index in [0.29, 0.717) is 26.2 Å². The average Bonchev–Trinajstić information content (AvgIpc) is 2.59. The molecule has 0 aromatic heterocycles. The topological polar surface area (TPSA) is 41.6 Å². The first-order valence-electron chi connectivity index (χ1n) is 7.95. The third-order valence-electron chi connectivity index (χ3n) is 3.55. The molecule has 2 aromatic rings. The van der Waals surface area contributed by atoms with Gasteiger partial charge in [0, 0.05) is 13.1 Å². The summed E-state index contributed by atoms with van der Waals surface area (Å²) < 4.78 is 5.61. The minimum atomic E-state index is -0.0659. The number of hydrogen-bond acceptors (Lipinski definition) is 2. The highest BCUT2D eigenvalue weighted by molar-refractivity contribution is 5.74. The molecule has 2 rings (SSSR count). The molecule has 0 heterocycles. The SMILES string of the molecule is CCN(Cc1ccccc1)C(=O)NCCOc1ccc(C)cc1. The zero-order chi connectivity index (χ0) is 16.5. The lowest BCUT2D eigenvalue weighted by molar-refractivity contribution is 0.195. The van der Waals surface area contributed by atoms with E-state index in [1.807, 2.05) is 68.4 Å². The maximum absolute atomic E-state index is 12.2. The van der Waals surface area contributed by atoms with Crippen LogP contribution >= 0.6 is 0 Å². The molecule has 4 nitrogen and oxygen atoms in total. The largest absolute Gasteiger partial charge is 0.492 e. The highest BCUT2D eigenvalue weighted by Crippen LogP contribution is 2.10. The standard InChI is InChI=1S/C19H24N2O2/c1-3-21(15-17-7-5-4-6-8-17)19(22)20-13-14-23-18-11-9-16(2)10-12-18/h4-12H,3,13-15H2,1-2H3,(H,20,22). The normalized spacial score (nSPS) is 10.2. The van der Waals surface area contributed by atoms with Gasteiger partial charge in [0.05, 0.1) is 6.54 Å². The molecule has 0 bridgehead atoms. The van der Waals surface area contributed by atoms with Gasteiger partial charge in [0.15, 0.2) is 0 Å². The minimum absolute atomic E-state index is 0.0659. The summed E-state index contributed by atoms with van der Waals surface area (Å²) >= 11 is 0. The van der Waals surface area contributed by atoms with Gasteiger partial charge in [-0.25, -0.2) is 4.79 Å². The molecule has 122 valence electrons. The molecule has 0 fully saturated rings. The molecule has 4 heteroatoms. The van der Waals surface area contributed by atoms with Crippen molar-refractivity contribution in [2.75, 3.05) is 19.7 Å². The summed E-state index contributed by atoms with van der Waals surface area (Å²) in [4.78, 5) is 14.0. The molecular weight excluding hydrogens is 288 g/mol. The van der Waals surface area contributed by atoms with E-state index in [0.717, 1.165) is 11.3 Å². The maximum Gasteiger partial charge on any atom is 0.317 e. The maximum atomic E-state index is 12.2. The number of nitrogens with one attached hydrogen (secondary N) is 1. The Kier molecular flexibility index (Phi) is 6.48. The first-order valence-corrected chi connectivity index (χ1v) is 7.95. The number of ether oxygens (including phenoxy) is 1. The zero-order valence-electron chi connectivity index (χ0n) is 13.8. The lowest BCUT2D eigenvalue weighted by Gasteiger charge is -2.21. The molecule has 23 heavy (non-hydrogen) atoms. The predicted molar refractivity (Wildman–Crippen MR) is 92.6 cm³/mol. The van der Waals surface area contributed by atoms with Crippen molar-refractivity contribution in [2.24, 2.45) is 0 Å². The van der Waals surface area contributed by atoms with Gasteiger partial charge in [0.1, 0.15) is 12.4 Å². The quantitative estimate of drug-likeness (QED) is 0.794. The number of carbonyl (C=O) groups excluding carboxylic acids is 1. The van der Waals surface area contributed by atoms with E-state index in [2.05, 4.69) is 5.32 Å². The van der Waals surface area contributed by atoms with E-state index >= 15 is 0 Å². The second kappa shape index (κ2) is 8.83. The fourth-order valence-corrected chi connectivity index (χ4v) is 2.20. The van der Waals surface area contributed by atoms with Crippen LogP contribution in [0.25, 0.3) is 0 Å². The summed E-state index contributed by atoms with van der Waals surface area (Å²) in [6, 6.07) is 17.8. The zero-order valence-corrected chi connectivity index (χ0v) is 13.8. The number of benzene rings is 2. The third kappa shape index (κ3) is 5.66. The van der Waals surface area contributed by atoms with Crippen LogP contribution in [0.2, 0.25) is 0 Å². The van der Waals surface area contributed by atoms with Gasteiger partial charge in [-0.2, -0.15) is 0 Å². The van der Waals surface area contributed by atoms with Crippen LogP contribution in [0.1, 0.15) is 18.1 Å². The molecule has 0 saturated carbocycles. The van der Waals surface area contributed by atoms with Gasteiger partial charge < -0.3 is 15.0 Å². The first kappa shape index (κ1) is 16.9. The smallest absolute Gasteiger partial charge is 0.317 e. The minimum Gasteiger partial charge on any atom is -0.492 e. The number of rotatable bonds is 7. The van der Waals surface area contributed by atoms with Gasteiger partial charge in [0.25, 0.3) is 0 Å². The average molecular weight is 312 g/mol. The van der Waals surface area contributed by atoms with Crippen LogP contribution in [0.4, 0.5) is 4.79 Å². The van der Waals surface area contributed by atoms with Crippen molar-refractivity contribution in [1.82, 2.24) is 10.2 Å². The van der Waals surface area contributed by atoms with Gasteiger partial charge in [-0.3, -0.25) is 0 Å². The van der Waals surface area contributed by atoms with Gasteiger partial charge in [-0.15, -0.1) is 0 Å². The molecule has 0 aliphatic heterocycles. The number of urea groups is 1. The summed E-state index contributed by atoms with van der Waals surface area (Å²) in [5.74, 6) is 0.821. The monoisotopic (exact) mass is 312 g/mol. The van der Waals surface area contributed by atoms with Crippen LogP contribution in [-0.4, -0.2) is 30.6 Å². The molecule has 0 unspecified atom stereocenters. The second-order valence-corrected chi connectivity index (χ2v) is 5.39. The van der Waals surface area contributed by atoms with Crippen molar-refractivity contribution in [3.63, 3.8) is 0 Å².